The molecule has 0 aromatic heterocycles. The average Bonchev–Trinajstić information content (AvgIpc) is 2.28. The van der Waals surface area contributed by atoms with E-state index in [4.69, 9.17) is 10.00 Å². The van der Waals surface area contributed by atoms with Gasteiger partial charge < -0.3 is 10.1 Å². The minimum atomic E-state index is -0.421. The lowest BCUT2D eigenvalue weighted by Crippen LogP contribution is -2.16. The van der Waals surface area contributed by atoms with Gasteiger partial charge in [0.2, 0.25) is 0 Å². The van der Waals surface area contributed by atoms with Gasteiger partial charge in [0.1, 0.15) is 11.8 Å². The highest BCUT2D eigenvalue weighted by molar-refractivity contribution is 5.36. The molecule has 3 nitrogen and oxygen atoms in total. The maximum atomic E-state index is 8.69. The normalized spacial score (nSPS) is 14.0. The first-order valence-corrected chi connectivity index (χ1v) is 5.01. The monoisotopic (exact) mass is 204 g/mol. The molecule has 0 aliphatic rings. The molecule has 0 aliphatic carbocycles. The standard InChI is InChI=1S/C12H16N2O/c1-9(8-13)15-12-7-5-4-6-11(12)10(2)14-3/h4-7,9-10,14H,1-3H3. The largest absolute Gasteiger partial charge is 0.476 e. The number of rotatable bonds is 4. The molecule has 1 rings (SSSR count). The van der Waals surface area contributed by atoms with Crippen LogP contribution in [-0.2, 0) is 0 Å². The molecule has 0 saturated heterocycles. The quantitative estimate of drug-likeness (QED) is 0.818. The molecule has 0 radical (unpaired) electrons. The fraction of sp³-hybridized carbons (Fsp3) is 0.417. The summed E-state index contributed by atoms with van der Waals surface area (Å²) in [4.78, 5) is 0. The molecule has 0 bridgehead atoms. The SMILES string of the molecule is CNC(C)c1ccccc1OC(C)C#N. The van der Waals surface area contributed by atoms with E-state index in [9.17, 15) is 0 Å². The Hall–Kier alpha value is -1.53. The van der Waals surface area contributed by atoms with E-state index in [1.54, 1.807) is 6.92 Å². The van der Waals surface area contributed by atoms with Crippen molar-refractivity contribution in [2.45, 2.75) is 26.0 Å². The number of nitrogens with one attached hydrogen (secondary N) is 1. The highest BCUT2D eigenvalue weighted by Gasteiger charge is 2.11. The van der Waals surface area contributed by atoms with E-state index in [1.807, 2.05) is 31.3 Å². The van der Waals surface area contributed by atoms with Gasteiger partial charge in [0.05, 0.1) is 0 Å². The summed E-state index contributed by atoms with van der Waals surface area (Å²) in [6, 6.07) is 10.0. The molecular formula is C12H16N2O. The van der Waals surface area contributed by atoms with Crippen LogP contribution in [0.4, 0.5) is 0 Å². The molecule has 1 aromatic carbocycles. The molecule has 2 atom stereocenters. The molecule has 0 aliphatic heterocycles. The van der Waals surface area contributed by atoms with E-state index in [1.165, 1.54) is 0 Å². The van der Waals surface area contributed by atoms with Crippen molar-refractivity contribution >= 4 is 0 Å². The van der Waals surface area contributed by atoms with Gasteiger partial charge in [-0.15, -0.1) is 0 Å². The molecule has 1 aromatic rings. The number of ether oxygens (including phenoxy) is 1. The molecule has 0 spiro atoms. The molecule has 80 valence electrons. The van der Waals surface area contributed by atoms with Gasteiger partial charge in [0.25, 0.3) is 0 Å². The van der Waals surface area contributed by atoms with Gasteiger partial charge in [0.15, 0.2) is 6.10 Å². The topological polar surface area (TPSA) is 45.0 Å². The van der Waals surface area contributed by atoms with Crippen LogP contribution in [0.25, 0.3) is 0 Å². The van der Waals surface area contributed by atoms with Crippen LogP contribution in [0.3, 0.4) is 0 Å². The number of hydrogen-bond donors (Lipinski definition) is 1. The first-order valence-electron chi connectivity index (χ1n) is 5.01. The number of nitriles is 1. The third kappa shape index (κ3) is 2.97. The lowest BCUT2D eigenvalue weighted by Gasteiger charge is -2.17. The highest BCUT2D eigenvalue weighted by atomic mass is 16.5. The van der Waals surface area contributed by atoms with Crippen molar-refractivity contribution < 1.29 is 4.74 Å². The fourth-order valence-electron chi connectivity index (χ4n) is 1.32. The summed E-state index contributed by atoms with van der Waals surface area (Å²) < 4.78 is 5.52. The number of para-hydroxylation sites is 1. The Morgan fingerprint density at radius 2 is 2.00 bits per heavy atom. The van der Waals surface area contributed by atoms with Crippen LogP contribution in [0.2, 0.25) is 0 Å². The van der Waals surface area contributed by atoms with Gasteiger partial charge in [-0.2, -0.15) is 5.26 Å². The number of nitrogens with zero attached hydrogens (tertiary/aromatic N) is 1. The second-order valence-electron chi connectivity index (χ2n) is 3.44. The Morgan fingerprint density at radius 3 is 2.60 bits per heavy atom. The zero-order valence-corrected chi connectivity index (χ0v) is 9.32. The van der Waals surface area contributed by atoms with Crippen LogP contribution in [-0.4, -0.2) is 13.2 Å². The summed E-state index contributed by atoms with van der Waals surface area (Å²) in [5, 5.41) is 11.8. The Bertz CT molecular complexity index is 357. The van der Waals surface area contributed by atoms with Crippen molar-refractivity contribution in [3.8, 4) is 11.8 Å². The van der Waals surface area contributed by atoms with Crippen molar-refractivity contribution in [2.75, 3.05) is 7.05 Å². The highest BCUT2D eigenvalue weighted by Crippen LogP contribution is 2.25. The van der Waals surface area contributed by atoms with Crippen molar-refractivity contribution in [2.24, 2.45) is 0 Å². The molecule has 0 saturated carbocycles. The zero-order chi connectivity index (χ0) is 11.3. The maximum absolute atomic E-state index is 8.69. The van der Waals surface area contributed by atoms with Crippen molar-refractivity contribution in [1.82, 2.24) is 5.32 Å². The Labute approximate surface area is 90.7 Å². The van der Waals surface area contributed by atoms with E-state index < -0.39 is 6.10 Å². The van der Waals surface area contributed by atoms with Crippen LogP contribution in [0.15, 0.2) is 24.3 Å². The first-order chi connectivity index (χ1) is 7.19. The Balaban J connectivity index is 2.92. The van der Waals surface area contributed by atoms with Crippen LogP contribution in [0.5, 0.6) is 5.75 Å². The second-order valence-corrected chi connectivity index (χ2v) is 3.44. The van der Waals surface area contributed by atoms with Gasteiger partial charge in [-0.1, -0.05) is 18.2 Å². The smallest absolute Gasteiger partial charge is 0.181 e. The first kappa shape index (κ1) is 11.5. The maximum Gasteiger partial charge on any atom is 0.181 e. The third-order valence-corrected chi connectivity index (χ3v) is 2.30. The third-order valence-electron chi connectivity index (χ3n) is 2.30. The minimum Gasteiger partial charge on any atom is -0.476 e. The summed E-state index contributed by atoms with van der Waals surface area (Å²) >= 11 is 0. The van der Waals surface area contributed by atoms with Gasteiger partial charge in [-0.3, -0.25) is 0 Å². The molecule has 0 heterocycles. The Morgan fingerprint density at radius 1 is 1.33 bits per heavy atom. The van der Waals surface area contributed by atoms with Crippen LogP contribution in [0, 0.1) is 11.3 Å². The summed E-state index contributed by atoms with van der Waals surface area (Å²) in [5.74, 6) is 0.772. The summed E-state index contributed by atoms with van der Waals surface area (Å²) in [6.07, 6.45) is -0.421. The van der Waals surface area contributed by atoms with Crippen LogP contribution >= 0.6 is 0 Å². The molecule has 3 heteroatoms. The van der Waals surface area contributed by atoms with Gasteiger partial charge in [-0.25, -0.2) is 0 Å². The van der Waals surface area contributed by atoms with Crippen molar-refractivity contribution in [3.05, 3.63) is 29.8 Å². The van der Waals surface area contributed by atoms with Crippen molar-refractivity contribution in [1.29, 1.82) is 5.26 Å². The van der Waals surface area contributed by atoms with Crippen LogP contribution in [0.1, 0.15) is 25.5 Å². The summed E-state index contributed by atoms with van der Waals surface area (Å²) in [5.41, 5.74) is 1.07. The lowest BCUT2D eigenvalue weighted by atomic mass is 10.1. The Kier molecular flexibility index (Phi) is 4.14. The number of benzene rings is 1. The van der Waals surface area contributed by atoms with E-state index >= 15 is 0 Å². The van der Waals surface area contributed by atoms with E-state index in [-0.39, 0.29) is 6.04 Å². The molecule has 0 amide bonds. The predicted octanol–water partition coefficient (Wildman–Crippen LogP) is 2.26. The molecule has 15 heavy (non-hydrogen) atoms. The molecule has 0 fully saturated rings. The van der Waals surface area contributed by atoms with Gasteiger partial charge in [0, 0.05) is 11.6 Å². The molecule has 1 N–H and O–H groups in total. The second kappa shape index (κ2) is 5.38. The molecular weight excluding hydrogens is 188 g/mol. The predicted molar refractivity (Wildman–Crippen MR) is 59.6 cm³/mol. The lowest BCUT2D eigenvalue weighted by molar-refractivity contribution is 0.271. The number of hydrogen-bond acceptors (Lipinski definition) is 3. The summed E-state index contributed by atoms with van der Waals surface area (Å²) in [6.45, 7) is 3.79. The summed E-state index contributed by atoms with van der Waals surface area (Å²) in [7, 11) is 1.90. The van der Waals surface area contributed by atoms with Crippen LogP contribution < -0.4 is 10.1 Å². The van der Waals surface area contributed by atoms with E-state index in [0.29, 0.717) is 0 Å². The van der Waals surface area contributed by atoms with Crippen molar-refractivity contribution in [3.63, 3.8) is 0 Å². The molecule has 2 unspecified atom stereocenters. The van der Waals surface area contributed by atoms with E-state index in [2.05, 4.69) is 18.3 Å². The average molecular weight is 204 g/mol. The van der Waals surface area contributed by atoms with Gasteiger partial charge in [-0.05, 0) is 27.0 Å². The minimum absolute atomic E-state index is 0.215. The zero-order valence-electron chi connectivity index (χ0n) is 9.32. The fourth-order valence-corrected chi connectivity index (χ4v) is 1.32. The van der Waals surface area contributed by atoms with E-state index in [0.717, 1.165) is 11.3 Å². The van der Waals surface area contributed by atoms with Gasteiger partial charge >= 0.3 is 0 Å².